The lowest BCUT2D eigenvalue weighted by Gasteiger charge is -2.44. The molecule has 3 N–H and O–H groups in total. The Hall–Kier alpha value is -4.33. The Labute approximate surface area is 214 Å². The summed E-state index contributed by atoms with van der Waals surface area (Å²) in [7, 11) is 0. The number of tetrazole rings is 1. The molecule has 3 aromatic rings. The highest BCUT2D eigenvalue weighted by Crippen LogP contribution is 2.56. The lowest BCUT2D eigenvalue weighted by Crippen LogP contribution is -2.68. The van der Waals surface area contributed by atoms with Crippen LogP contribution in [0.3, 0.4) is 0 Å². The first-order valence-electron chi connectivity index (χ1n) is 11.3. The molecule has 5 rings (SSSR count). The summed E-state index contributed by atoms with van der Waals surface area (Å²) in [4.78, 5) is 51.5. The number of benzene rings is 2. The molecular formula is C23H22N8O5S. The van der Waals surface area contributed by atoms with Crippen molar-refractivity contribution in [3.8, 4) is 0 Å². The summed E-state index contributed by atoms with van der Waals surface area (Å²) in [6.07, 6.45) is 0. The number of aromatic amines is 1. The van der Waals surface area contributed by atoms with Gasteiger partial charge in [-0.3, -0.25) is 24.5 Å². The third-order valence-corrected chi connectivity index (χ3v) is 7.93. The van der Waals surface area contributed by atoms with Gasteiger partial charge in [-0.1, -0.05) is 35.5 Å². The van der Waals surface area contributed by atoms with Crippen molar-refractivity contribution < 1.29 is 19.3 Å². The fraction of sp³-hybridized carbons (Fsp3) is 0.304. The van der Waals surface area contributed by atoms with E-state index in [-0.39, 0.29) is 22.5 Å². The number of nitro groups is 1. The zero-order valence-electron chi connectivity index (χ0n) is 19.7. The van der Waals surface area contributed by atoms with Crippen LogP contribution in [-0.4, -0.2) is 64.3 Å². The van der Waals surface area contributed by atoms with Gasteiger partial charge in [0.1, 0.15) is 23.5 Å². The van der Waals surface area contributed by atoms with Crippen molar-refractivity contribution in [3.05, 3.63) is 81.7 Å². The molecule has 0 aliphatic carbocycles. The highest BCUT2D eigenvalue weighted by molar-refractivity contribution is 8.01. The number of hydrogen-bond acceptors (Lipinski definition) is 9. The van der Waals surface area contributed by atoms with E-state index in [4.69, 9.17) is 0 Å². The molecule has 0 spiro atoms. The highest BCUT2D eigenvalue weighted by atomic mass is 32.2. The van der Waals surface area contributed by atoms with E-state index in [9.17, 15) is 24.5 Å². The Kier molecular flexibility index (Phi) is 6.11. The van der Waals surface area contributed by atoms with Gasteiger partial charge in [-0.2, -0.15) is 5.21 Å². The van der Waals surface area contributed by atoms with Gasteiger partial charge in [-0.15, -0.1) is 22.0 Å². The van der Waals surface area contributed by atoms with Crippen LogP contribution in [0.5, 0.6) is 0 Å². The summed E-state index contributed by atoms with van der Waals surface area (Å²) in [5.74, 6) is -1.02. The molecule has 2 fully saturated rings. The van der Waals surface area contributed by atoms with Crippen LogP contribution in [-0.2, 0) is 9.59 Å². The summed E-state index contributed by atoms with van der Waals surface area (Å²) in [6, 6.07) is 11.4. The van der Waals surface area contributed by atoms with Crippen LogP contribution < -0.4 is 10.6 Å². The third-order valence-electron chi connectivity index (χ3n) is 6.36. The zero-order chi connectivity index (χ0) is 26.3. The van der Waals surface area contributed by atoms with E-state index in [0.717, 1.165) is 0 Å². The number of H-pyrrole nitrogens is 1. The predicted octanol–water partition coefficient (Wildman–Crippen LogP) is 1.50. The average Bonchev–Trinajstić information content (AvgIpc) is 3.50. The summed E-state index contributed by atoms with van der Waals surface area (Å²) >= 11 is 1.53. The quantitative estimate of drug-likeness (QED) is 0.236. The number of β-lactam (4-membered cyclic amide) rings is 1. The Morgan fingerprint density at radius 3 is 2.49 bits per heavy atom. The van der Waals surface area contributed by atoms with Gasteiger partial charge in [-0.05, 0) is 31.5 Å². The second-order valence-corrected chi connectivity index (χ2v) is 10.9. The molecule has 2 aliphatic rings. The average molecular weight is 523 g/mol. The molecule has 2 aromatic carbocycles. The molecule has 3 amide bonds. The maximum atomic E-state index is 13.4. The number of nitrogens with zero attached hydrogens (tertiary/aromatic N) is 5. The van der Waals surface area contributed by atoms with E-state index in [0.29, 0.717) is 11.4 Å². The van der Waals surface area contributed by atoms with Crippen molar-refractivity contribution in [2.24, 2.45) is 0 Å². The SMILES string of the molecule is CC1(C)S[C@H]2C(NC(=O)C(NC(=O)c3ccc([N+](=O)[O-])cc3)c3ccccc3)C(=O)N2C1c1nn[nH]n1. The second kappa shape index (κ2) is 9.28. The molecule has 1 aromatic heterocycles. The minimum atomic E-state index is -1.10. The minimum Gasteiger partial charge on any atom is -0.340 e. The van der Waals surface area contributed by atoms with Gasteiger partial charge in [0, 0.05) is 22.4 Å². The summed E-state index contributed by atoms with van der Waals surface area (Å²) < 4.78 is -0.424. The first-order valence-corrected chi connectivity index (χ1v) is 12.2. The number of carbonyl (C=O) groups is 3. The fourth-order valence-electron chi connectivity index (χ4n) is 4.58. The predicted molar refractivity (Wildman–Crippen MR) is 131 cm³/mol. The molecule has 0 saturated carbocycles. The number of nitrogens with one attached hydrogen (secondary N) is 3. The lowest BCUT2D eigenvalue weighted by atomic mass is 9.95. The zero-order valence-corrected chi connectivity index (χ0v) is 20.5. The smallest absolute Gasteiger partial charge is 0.269 e. The lowest BCUT2D eigenvalue weighted by molar-refractivity contribution is -0.384. The minimum absolute atomic E-state index is 0.154. The number of aromatic nitrogens is 4. The highest BCUT2D eigenvalue weighted by Gasteiger charge is 2.63. The van der Waals surface area contributed by atoms with Crippen LogP contribution in [0.15, 0.2) is 54.6 Å². The van der Waals surface area contributed by atoms with Crippen molar-refractivity contribution in [1.29, 1.82) is 0 Å². The summed E-state index contributed by atoms with van der Waals surface area (Å²) in [5, 5.41) is 30.2. The van der Waals surface area contributed by atoms with E-state index < -0.39 is 39.6 Å². The number of rotatable bonds is 7. The molecule has 0 bridgehead atoms. The molecule has 13 nitrogen and oxygen atoms in total. The molecule has 37 heavy (non-hydrogen) atoms. The molecule has 0 radical (unpaired) electrons. The molecule has 4 atom stereocenters. The topological polar surface area (TPSA) is 176 Å². The molecule has 3 unspecified atom stereocenters. The molecule has 2 aliphatic heterocycles. The van der Waals surface area contributed by atoms with Gasteiger partial charge in [0.25, 0.3) is 11.6 Å². The van der Waals surface area contributed by atoms with E-state index in [1.165, 1.54) is 36.0 Å². The maximum Gasteiger partial charge on any atom is 0.269 e. The van der Waals surface area contributed by atoms with E-state index in [1.54, 1.807) is 35.2 Å². The van der Waals surface area contributed by atoms with Gasteiger partial charge < -0.3 is 15.5 Å². The van der Waals surface area contributed by atoms with Crippen LogP contribution in [0, 0.1) is 10.1 Å². The number of carbonyl (C=O) groups excluding carboxylic acids is 3. The number of fused-ring (bicyclic) bond motifs is 1. The molecule has 3 heterocycles. The Bertz CT molecular complexity index is 1350. The van der Waals surface area contributed by atoms with E-state index in [2.05, 4.69) is 31.3 Å². The summed E-state index contributed by atoms with van der Waals surface area (Å²) in [6.45, 7) is 3.95. The van der Waals surface area contributed by atoms with Gasteiger partial charge in [0.15, 0.2) is 5.82 Å². The first-order chi connectivity index (χ1) is 17.7. The van der Waals surface area contributed by atoms with Crippen molar-refractivity contribution in [3.63, 3.8) is 0 Å². The van der Waals surface area contributed by atoms with E-state index >= 15 is 0 Å². The van der Waals surface area contributed by atoms with Crippen molar-refractivity contribution in [2.75, 3.05) is 0 Å². The number of nitro benzene ring substituents is 1. The van der Waals surface area contributed by atoms with Gasteiger partial charge in [0.2, 0.25) is 11.8 Å². The van der Waals surface area contributed by atoms with Crippen molar-refractivity contribution >= 4 is 35.2 Å². The third kappa shape index (κ3) is 4.39. The number of hydrogen-bond donors (Lipinski definition) is 3. The van der Waals surface area contributed by atoms with Crippen LogP contribution in [0.1, 0.15) is 47.7 Å². The number of amides is 3. The Morgan fingerprint density at radius 1 is 1.16 bits per heavy atom. The fourth-order valence-corrected chi connectivity index (χ4v) is 6.21. The normalized spacial score (nSPS) is 22.5. The van der Waals surface area contributed by atoms with Crippen LogP contribution in [0.4, 0.5) is 5.69 Å². The Morgan fingerprint density at radius 2 is 1.86 bits per heavy atom. The van der Waals surface area contributed by atoms with Crippen LogP contribution >= 0.6 is 11.8 Å². The van der Waals surface area contributed by atoms with E-state index in [1.807, 2.05) is 13.8 Å². The number of non-ortho nitro benzene ring substituents is 1. The largest absolute Gasteiger partial charge is 0.340 e. The van der Waals surface area contributed by atoms with Gasteiger partial charge >= 0.3 is 0 Å². The Balaban J connectivity index is 1.34. The second-order valence-electron chi connectivity index (χ2n) is 9.14. The monoisotopic (exact) mass is 522 g/mol. The van der Waals surface area contributed by atoms with Gasteiger partial charge in [0.05, 0.1) is 4.92 Å². The standard InChI is InChI=1S/C23H22N8O5S/c1-23(2)17(18-26-28-29-27-18)30-21(34)16(22(30)37-23)25-20(33)15(12-6-4-3-5-7-12)24-19(32)13-8-10-14(11-9-13)31(35)36/h3-11,15-17,22H,1-2H3,(H,24,32)(H,25,33)(H,26,27,28,29)/t15?,16?,17?,22-/m0/s1. The molecule has 2 saturated heterocycles. The molecule has 190 valence electrons. The number of thioether (sulfide) groups is 1. The van der Waals surface area contributed by atoms with Crippen LogP contribution in [0.25, 0.3) is 0 Å². The van der Waals surface area contributed by atoms with Crippen molar-refractivity contribution in [2.45, 2.75) is 42.1 Å². The molecular weight excluding hydrogens is 500 g/mol. The van der Waals surface area contributed by atoms with Gasteiger partial charge in [-0.25, -0.2) is 0 Å². The summed E-state index contributed by atoms with van der Waals surface area (Å²) in [5.41, 5.74) is 0.516. The maximum absolute atomic E-state index is 13.4. The first kappa shape index (κ1) is 24.4. The van der Waals surface area contributed by atoms with Crippen LogP contribution in [0.2, 0.25) is 0 Å². The van der Waals surface area contributed by atoms with Crippen molar-refractivity contribution in [1.82, 2.24) is 36.2 Å². The molecule has 14 heteroatoms.